The third kappa shape index (κ3) is 7.08. The van der Waals surface area contributed by atoms with Gasteiger partial charge in [0.1, 0.15) is 11.5 Å². The second-order valence-electron chi connectivity index (χ2n) is 11.8. The molecule has 1 fully saturated rings. The number of anilines is 2. The molecule has 242 valence electrons. The number of para-hydroxylation sites is 3. The maximum atomic E-state index is 12.8. The number of benzene rings is 5. The highest BCUT2D eigenvalue weighted by atomic mass is 16.7. The van der Waals surface area contributed by atoms with E-state index in [0.717, 1.165) is 33.5 Å². The molecule has 3 N–H and O–H groups in total. The Balaban J connectivity index is 1.04. The number of amides is 2. The molecule has 0 radical (unpaired) electrons. The molecule has 0 spiro atoms. The first-order chi connectivity index (χ1) is 23.5. The minimum Gasteiger partial charge on any atom is -0.457 e. The van der Waals surface area contributed by atoms with Gasteiger partial charge >= 0.3 is 6.03 Å². The van der Waals surface area contributed by atoms with Crippen LogP contribution in [-0.2, 0) is 22.6 Å². The lowest BCUT2D eigenvalue weighted by molar-refractivity contribution is -0.276. The molecule has 4 atom stereocenters. The summed E-state index contributed by atoms with van der Waals surface area (Å²) < 4.78 is 21.2. The number of rotatable bonds is 9. The van der Waals surface area contributed by atoms with E-state index in [1.54, 1.807) is 24.3 Å². The topological polar surface area (TPSA) is 107 Å². The molecule has 1 aliphatic rings. The summed E-state index contributed by atoms with van der Waals surface area (Å²) in [5.41, 5.74) is 5.94. The molecule has 9 heteroatoms. The summed E-state index contributed by atoms with van der Waals surface area (Å²) in [6.07, 6.45) is 0.790. The van der Waals surface area contributed by atoms with Crippen LogP contribution in [0.5, 0.6) is 11.5 Å². The van der Waals surface area contributed by atoms with Gasteiger partial charge in [0.15, 0.2) is 6.29 Å². The summed E-state index contributed by atoms with van der Waals surface area (Å²) in [7, 11) is 0. The number of hydrogen-bond acceptors (Lipinski definition) is 6. The fraction of sp³-hybridized carbons (Fsp3) is 0.179. The molecule has 9 nitrogen and oxygen atoms in total. The maximum absolute atomic E-state index is 12.8. The Hall–Kier alpha value is -5.48. The van der Waals surface area contributed by atoms with E-state index in [2.05, 4.69) is 33.2 Å². The van der Waals surface area contributed by atoms with Crippen LogP contribution >= 0.6 is 0 Å². The Morgan fingerprint density at radius 1 is 0.771 bits per heavy atom. The number of aliphatic hydroxyl groups is 1. The van der Waals surface area contributed by atoms with E-state index in [1.165, 1.54) is 0 Å². The van der Waals surface area contributed by atoms with Gasteiger partial charge < -0.3 is 34.5 Å². The van der Waals surface area contributed by atoms with Crippen LogP contribution in [0.15, 0.2) is 134 Å². The van der Waals surface area contributed by atoms with Crippen molar-refractivity contribution in [3.05, 3.63) is 150 Å². The van der Waals surface area contributed by atoms with Gasteiger partial charge in [-0.1, -0.05) is 73.7 Å². The van der Waals surface area contributed by atoms with Crippen molar-refractivity contribution in [2.75, 3.05) is 10.6 Å². The first-order valence-electron chi connectivity index (χ1n) is 15.9. The molecule has 0 bridgehead atoms. The molecule has 4 unspecified atom stereocenters. The zero-order chi connectivity index (χ0) is 32.9. The fourth-order valence-corrected chi connectivity index (χ4v) is 5.93. The van der Waals surface area contributed by atoms with Crippen molar-refractivity contribution >= 4 is 28.4 Å². The van der Waals surface area contributed by atoms with Crippen molar-refractivity contribution < 1.29 is 24.1 Å². The lowest BCUT2D eigenvalue weighted by Crippen LogP contribution is -2.39. The van der Waals surface area contributed by atoms with Gasteiger partial charge in [-0.2, -0.15) is 0 Å². The van der Waals surface area contributed by atoms with Gasteiger partial charge in [-0.25, -0.2) is 9.78 Å². The number of aromatic nitrogens is 2. The standard InChI is InChI=1S/C39H36N4O5/c1-26-36(23-43-25-40-34-9-5-6-10-35(34)43)47-38(48-37(26)28-13-11-27(24-44)12-14-28)29-15-17-30(18-16-29)41-39(45)42-31-19-21-33(22-20-31)46-32-7-3-2-4-8-32/h2-22,25-26,36-38,44H,23-24H2,1H3,(H2,41,42,45). The second kappa shape index (κ2) is 14.1. The largest absolute Gasteiger partial charge is 0.457 e. The van der Waals surface area contributed by atoms with Crippen LogP contribution in [0.3, 0.4) is 0 Å². The van der Waals surface area contributed by atoms with Crippen molar-refractivity contribution in [2.45, 2.75) is 38.6 Å². The summed E-state index contributed by atoms with van der Waals surface area (Å²) in [4.78, 5) is 17.4. The number of ether oxygens (including phenoxy) is 3. The molecule has 2 amide bonds. The molecule has 0 saturated carbocycles. The third-order valence-electron chi connectivity index (χ3n) is 8.56. The predicted octanol–water partition coefficient (Wildman–Crippen LogP) is 8.46. The predicted molar refractivity (Wildman–Crippen MR) is 185 cm³/mol. The second-order valence-corrected chi connectivity index (χ2v) is 11.8. The van der Waals surface area contributed by atoms with Crippen LogP contribution < -0.4 is 15.4 Å². The Morgan fingerprint density at radius 3 is 2.10 bits per heavy atom. The van der Waals surface area contributed by atoms with Crippen LogP contribution in [0.4, 0.5) is 16.2 Å². The van der Waals surface area contributed by atoms with Crippen LogP contribution in [-0.4, -0.2) is 26.8 Å². The molecule has 1 aromatic heterocycles. The molecule has 48 heavy (non-hydrogen) atoms. The highest BCUT2D eigenvalue weighted by Gasteiger charge is 2.38. The van der Waals surface area contributed by atoms with E-state index in [9.17, 15) is 9.90 Å². The number of carbonyl (C=O) groups is 1. The Bertz CT molecular complexity index is 1960. The van der Waals surface area contributed by atoms with Gasteiger partial charge in [0, 0.05) is 22.9 Å². The van der Waals surface area contributed by atoms with Gasteiger partial charge in [-0.3, -0.25) is 0 Å². The summed E-state index contributed by atoms with van der Waals surface area (Å²) in [6, 6.07) is 39.7. The highest BCUT2D eigenvalue weighted by Crippen LogP contribution is 2.42. The average Bonchev–Trinajstić information content (AvgIpc) is 3.53. The monoisotopic (exact) mass is 640 g/mol. The Labute approximate surface area is 278 Å². The lowest BCUT2D eigenvalue weighted by atomic mass is 9.90. The number of fused-ring (bicyclic) bond motifs is 1. The molecule has 2 heterocycles. The number of nitrogens with one attached hydrogen (secondary N) is 2. The molecule has 6 aromatic rings. The number of urea groups is 1. The van der Waals surface area contributed by atoms with Gasteiger partial charge in [0.05, 0.1) is 42.7 Å². The first-order valence-corrected chi connectivity index (χ1v) is 15.9. The summed E-state index contributed by atoms with van der Waals surface area (Å²) in [5.74, 6) is 1.44. The summed E-state index contributed by atoms with van der Waals surface area (Å²) in [6.45, 7) is 2.73. The summed E-state index contributed by atoms with van der Waals surface area (Å²) >= 11 is 0. The zero-order valence-electron chi connectivity index (χ0n) is 26.4. The van der Waals surface area contributed by atoms with Gasteiger partial charge in [-0.15, -0.1) is 0 Å². The minimum atomic E-state index is -0.636. The highest BCUT2D eigenvalue weighted by molar-refractivity contribution is 5.99. The van der Waals surface area contributed by atoms with Crippen molar-refractivity contribution in [3.63, 3.8) is 0 Å². The van der Waals surface area contributed by atoms with Crippen LogP contribution in [0.1, 0.15) is 36.0 Å². The molecule has 7 rings (SSSR count). The lowest BCUT2D eigenvalue weighted by Gasteiger charge is -2.41. The SMILES string of the molecule is CC1C(Cn2cnc3ccccc32)OC(c2ccc(NC(=O)Nc3ccc(Oc4ccccc4)cc3)cc2)OC1c1ccc(CO)cc1. The molecule has 0 aliphatic carbocycles. The van der Waals surface area contributed by atoms with Gasteiger partial charge in [0.25, 0.3) is 0 Å². The Kier molecular flexibility index (Phi) is 9.15. The van der Waals surface area contributed by atoms with Crippen molar-refractivity contribution in [3.8, 4) is 11.5 Å². The van der Waals surface area contributed by atoms with Crippen LogP contribution in [0, 0.1) is 5.92 Å². The average molecular weight is 641 g/mol. The molecule has 1 saturated heterocycles. The van der Waals surface area contributed by atoms with Crippen molar-refractivity contribution in [2.24, 2.45) is 5.92 Å². The number of nitrogens with zero attached hydrogens (tertiary/aromatic N) is 2. The number of aliphatic hydroxyl groups excluding tert-OH is 1. The molecular weight excluding hydrogens is 604 g/mol. The third-order valence-corrected chi connectivity index (χ3v) is 8.56. The van der Waals surface area contributed by atoms with E-state index in [4.69, 9.17) is 14.2 Å². The normalized spacial score (nSPS) is 19.1. The number of hydrogen-bond donors (Lipinski definition) is 3. The Morgan fingerprint density at radius 2 is 1.40 bits per heavy atom. The van der Waals surface area contributed by atoms with Gasteiger partial charge in [-0.05, 0) is 71.8 Å². The van der Waals surface area contributed by atoms with E-state index < -0.39 is 6.29 Å². The smallest absolute Gasteiger partial charge is 0.323 e. The van der Waals surface area contributed by atoms with Crippen LogP contribution in [0.25, 0.3) is 11.0 Å². The number of carbonyl (C=O) groups excluding carboxylic acids is 1. The first kappa shape index (κ1) is 31.1. The van der Waals surface area contributed by atoms with Crippen molar-refractivity contribution in [1.82, 2.24) is 9.55 Å². The van der Waals surface area contributed by atoms with E-state index >= 15 is 0 Å². The minimum absolute atomic E-state index is 0.0160. The van der Waals surface area contributed by atoms with E-state index in [1.807, 2.05) is 103 Å². The molecule has 1 aliphatic heterocycles. The molecule has 5 aromatic carbocycles. The quantitative estimate of drug-likeness (QED) is 0.146. The van der Waals surface area contributed by atoms with Crippen molar-refractivity contribution in [1.29, 1.82) is 0 Å². The molecular formula is C39H36N4O5. The van der Waals surface area contributed by atoms with E-state index in [-0.39, 0.29) is 30.8 Å². The van der Waals surface area contributed by atoms with Gasteiger partial charge in [0.2, 0.25) is 0 Å². The summed E-state index contributed by atoms with van der Waals surface area (Å²) in [5, 5.41) is 15.3. The van der Waals surface area contributed by atoms with Crippen LogP contribution in [0.2, 0.25) is 0 Å². The maximum Gasteiger partial charge on any atom is 0.323 e. The zero-order valence-corrected chi connectivity index (χ0v) is 26.4. The fourth-order valence-electron chi connectivity index (χ4n) is 5.93. The number of imidazole rings is 1. The van der Waals surface area contributed by atoms with E-state index in [0.29, 0.717) is 23.7 Å².